The van der Waals surface area contributed by atoms with Crippen molar-refractivity contribution in [1.82, 2.24) is 25.1 Å². The molecule has 0 aliphatic heterocycles. The number of rotatable bonds is 4. The number of nitrogens with zero attached hydrogens (tertiary/aromatic N) is 5. The normalized spacial score (nSPS) is 11.0. The van der Waals surface area contributed by atoms with E-state index in [2.05, 4.69) is 51.6 Å². The van der Waals surface area contributed by atoms with Crippen LogP contribution < -0.4 is 0 Å². The van der Waals surface area contributed by atoms with Crippen molar-refractivity contribution in [2.75, 3.05) is 0 Å². The van der Waals surface area contributed by atoms with Gasteiger partial charge in [0.25, 0.3) is 5.89 Å². The van der Waals surface area contributed by atoms with Gasteiger partial charge in [0.1, 0.15) is 0 Å². The highest BCUT2D eigenvalue weighted by Crippen LogP contribution is 2.24. The number of benzene rings is 1. The van der Waals surface area contributed by atoms with Crippen molar-refractivity contribution in [1.29, 1.82) is 0 Å². The summed E-state index contributed by atoms with van der Waals surface area (Å²) < 4.78 is 7.04. The molecule has 0 spiro atoms. The molecule has 0 aliphatic carbocycles. The Bertz CT molecular complexity index is 908. The minimum absolute atomic E-state index is 0.448. The van der Waals surface area contributed by atoms with Crippen LogP contribution >= 0.6 is 11.3 Å². The average molecular weight is 323 g/mol. The largest absolute Gasteiger partial charge is 0.333 e. The van der Waals surface area contributed by atoms with Crippen LogP contribution in [0.1, 0.15) is 11.1 Å². The number of hydrogen-bond acceptors (Lipinski definition) is 6. The van der Waals surface area contributed by atoms with Gasteiger partial charge in [0.15, 0.2) is 5.69 Å². The molecule has 0 fully saturated rings. The molecule has 0 atom stereocenters. The van der Waals surface area contributed by atoms with Gasteiger partial charge in [-0.3, -0.25) is 0 Å². The van der Waals surface area contributed by atoms with Crippen molar-refractivity contribution in [3.8, 4) is 22.3 Å². The summed E-state index contributed by atoms with van der Waals surface area (Å²) in [5, 5.41) is 14.2. The summed E-state index contributed by atoms with van der Waals surface area (Å²) in [5.74, 6) is 0.951. The maximum absolute atomic E-state index is 5.28. The standard InChI is InChI=1S/C16H13N5OS/c1-11-4-6-12(7-5-11)9-21-10-13(18-20-21)15-17-16(22-19-15)14-3-2-8-23-14/h2-8,10H,9H2,1H3. The van der Waals surface area contributed by atoms with Crippen LogP contribution in [0.2, 0.25) is 0 Å². The average Bonchev–Trinajstić information content (AvgIpc) is 3.30. The van der Waals surface area contributed by atoms with Crippen molar-refractivity contribution < 1.29 is 4.52 Å². The van der Waals surface area contributed by atoms with Gasteiger partial charge in [-0.15, -0.1) is 16.4 Å². The number of aromatic nitrogens is 5. The smallest absolute Gasteiger partial charge is 0.268 e. The van der Waals surface area contributed by atoms with E-state index in [4.69, 9.17) is 4.52 Å². The van der Waals surface area contributed by atoms with Crippen molar-refractivity contribution in [2.24, 2.45) is 0 Å². The Hall–Kier alpha value is -2.80. The molecule has 3 aromatic heterocycles. The number of hydrogen-bond donors (Lipinski definition) is 0. The third kappa shape index (κ3) is 2.91. The van der Waals surface area contributed by atoms with Crippen molar-refractivity contribution >= 4 is 11.3 Å². The molecule has 23 heavy (non-hydrogen) atoms. The van der Waals surface area contributed by atoms with Gasteiger partial charge in [-0.25, -0.2) is 4.68 Å². The van der Waals surface area contributed by atoms with Crippen LogP contribution in [0.15, 0.2) is 52.5 Å². The molecule has 0 N–H and O–H groups in total. The molecule has 7 heteroatoms. The van der Waals surface area contributed by atoms with E-state index in [0.29, 0.717) is 24.0 Å². The van der Waals surface area contributed by atoms with Crippen molar-refractivity contribution in [3.05, 3.63) is 59.1 Å². The second kappa shape index (κ2) is 5.77. The zero-order chi connectivity index (χ0) is 15.6. The Labute approximate surface area is 136 Å². The maximum atomic E-state index is 5.28. The highest BCUT2D eigenvalue weighted by molar-refractivity contribution is 7.13. The van der Waals surface area contributed by atoms with E-state index in [1.807, 2.05) is 23.7 Å². The molecule has 4 aromatic rings. The van der Waals surface area contributed by atoms with Gasteiger partial charge in [-0.1, -0.05) is 46.3 Å². The molecule has 6 nitrogen and oxygen atoms in total. The fourth-order valence-electron chi connectivity index (χ4n) is 2.19. The summed E-state index contributed by atoms with van der Waals surface area (Å²) in [7, 11) is 0. The van der Waals surface area contributed by atoms with E-state index in [1.165, 1.54) is 11.1 Å². The Kier molecular flexibility index (Phi) is 3.47. The monoisotopic (exact) mass is 323 g/mol. The fourth-order valence-corrected chi connectivity index (χ4v) is 2.83. The van der Waals surface area contributed by atoms with E-state index in [-0.39, 0.29) is 0 Å². The van der Waals surface area contributed by atoms with Crippen LogP contribution in [0.3, 0.4) is 0 Å². The zero-order valence-electron chi connectivity index (χ0n) is 12.4. The zero-order valence-corrected chi connectivity index (χ0v) is 13.2. The predicted octanol–water partition coefficient (Wildman–Crippen LogP) is 3.41. The molecule has 1 aromatic carbocycles. The Morgan fingerprint density at radius 2 is 2.04 bits per heavy atom. The van der Waals surface area contributed by atoms with Gasteiger partial charge in [0.05, 0.1) is 17.6 Å². The van der Waals surface area contributed by atoms with Crippen molar-refractivity contribution in [2.45, 2.75) is 13.5 Å². The first-order valence-corrected chi connectivity index (χ1v) is 7.99. The van der Waals surface area contributed by atoms with Gasteiger partial charge in [-0.2, -0.15) is 4.98 Å². The summed E-state index contributed by atoms with van der Waals surface area (Å²) in [4.78, 5) is 5.31. The molecule has 0 saturated carbocycles. The van der Waals surface area contributed by atoms with E-state index < -0.39 is 0 Å². The molecular weight excluding hydrogens is 310 g/mol. The van der Waals surface area contributed by atoms with E-state index in [9.17, 15) is 0 Å². The lowest BCUT2D eigenvalue weighted by molar-refractivity contribution is 0.433. The number of thiophene rings is 1. The predicted molar refractivity (Wildman–Crippen MR) is 86.9 cm³/mol. The third-order valence-electron chi connectivity index (χ3n) is 3.39. The Balaban J connectivity index is 1.55. The Morgan fingerprint density at radius 1 is 1.17 bits per heavy atom. The molecule has 3 heterocycles. The quantitative estimate of drug-likeness (QED) is 0.575. The summed E-state index contributed by atoms with van der Waals surface area (Å²) in [6.45, 7) is 2.72. The number of aryl methyl sites for hydroxylation is 1. The minimum atomic E-state index is 0.448. The molecule has 0 radical (unpaired) electrons. The molecule has 0 amide bonds. The van der Waals surface area contributed by atoms with Crippen molar-refractivity contribution in [3.63, 3.8) is 0 Å². The lowest BCUT2D eigenvalue weighted by Crippen LogP contribution is -2.00. The summed E-state index contributed by atoms with van der Waals surface area (Å²) in [6, 6.07) is 12.2. The molecular formula is C16H13N5OS. The van der Waals surface area contributed by atoms with E-state index in [1.54, 1.807) is 16.0 Å². The second-order valence-corrected chi connectivity index (χ2v) is 6.14. The molecule has 0 bridgehead atoms. The first-order valence-electron chi connectivity index (χ1n) is 7.11. The Morgan fingerprint density at radius 3 is 2.83 bits per heavy atom. The van der Waals surface area contributed by atoms with Gasteiger partial charge < -0.3 is 4.52 Å². The first kappa shape index (κ1) is 13.8. The van der Waals surface area contributed by atoms with Gasteiger partial charge >= 0.3 is 0 Å². The second-order valence-electron chi connectivity index (χ2n) is 5.19. The van der Waals surface area contributed by atoms with E-state index in [0.717, 1.165) is 4.88 Å². The van der Waals surface area contributed by atoms with Gasteiger partial charge in [0, 0.05) is 0 Å². The first-order chi connectivity index (χ1) is 11.3. The van der Waals surface area contributed by atoms with Crippen LogP contribution in [0.4, 0.5) is 0 Å². The topological polar surface area (TPSA) is 69.6 Å². The summed E-state index contributed by atoms with van der Waals surface area (Å²) >= 11 is 1.56. The lowest BCUT2D eigenvalue weighted by atomic mass is 10.1. The molecule has 114 valence electrons. The maximum Gasteiger partial charge on any atom is 0.268 e. The van der Waals surface area contributed by atoms with Crippen LogP contribution in [-0.2, 0) is 6.54 Å². The summed E-state index contributed by atoms with van der Waals surface area (Å²) in [6.07, 6.45) is 1.82. The summed E-state index contributed by atoms with van der Waals surface area (Å²) in [5.41, 5.74) is 3.00. The van der Waals surface area contributed by atoms with Crippen LogP contribution in [-0.4, -0.2) is 25.1 Å². The SMILES string of the molecule is Cc1ccc(Cn2cc(-c3noc(-c4cccs4)n3)nn2)cc1. The molecule has 0 saturated heterocycles. The highest BCUT2D eigenvalue weighted by Gasteiger charge is 2.14. The van der Waals surface area contributed by atoms with Crippen LogP contribution in [0.5, 0.6) is 0 Å². The third-order valence-corrected chi connectivity index (χ3v) is 4.25. The molecule has 4 rings (SSSR count). The lowest BCUT2D eigenvalue weighted by Gasteiger charge is -2.00. The van der Waals surface area contributed by atoms with Gasteiger partial charge in [0.2, 0.25) is 5.82 Å². The van der Waals surface area contributed by atoms with Gasteiger partial charge in [-0.05, 0) is 23.9 Å². The van der Waals surface area contributed by atoms with E-state index >= 15 is 0 Å². The van der Waals surface area contributed by atoms with Crippen LogP contribution in [0.25, 0.3) is 22.3 Å². The molecule has 0 aliphatic rings. The minimum Gasteiger partial charge on any atom is -0.333 e. The highest BCUT2D eigenvalue weighted by atomic mass is 32.1. The fraction of sp³-hybridized carbons (Fsp3) is 0.125. The van der Waals surface area contributed by atoms with Crippen LogP contribution in [0, 0.1) is 6.92 Å². The molecule has 0 unspecified atom stereocenters.